The van der Waals surface area contributed by atoms with Crippen LogP contribution in [0.3, 0.4) is 0 Å². The average molecular weight is 309 g/mol. The third-order valence-corrected chi connectivity index (χ3v) is 5.96. The Kier molecular flexibility index (Phi) is 6.54. The van der Waals surface area contributed by atoms with E-state index in [-0.39, 0.29) is 0 Å². The van der Waals surface area contributed by atoms with Crippen LogP contribution in [0.2, 0.25) is 0 Å². The van der Waals surface area contributed by atoms with Crippen molar-refractivity contribution < 1.29 is 4.74 Å². The molecule has 2 N–H and O–H groups in total. The average Bonchev–Trinajstić information content (AvgIpc) is 2.45. The second-order valence-electron chi connectivity index (χ2n) is 7.35. The lowest BCUT2D eigenvalue weighted by molar-refractivity contribution is 0.0777. The Bertz CT molecular complexity index is 354. The zero-order chi connectivity index (χ0) is 15.9. The Morgan fingerprint density at radius 1 is 1.05 bits per heavy atom. The molecular weight excluding hydrogens is 274 g/mol. The van der Waals surface area contributed by atoms with Gasteiger partial charge in [0.05, 0.1) is 0 Å². The van der Waals surface area contributed by atoms with E-state index in [1.165, 1.54) is 44.9 Å². The summed E-state index contributed by atoms with van der Waals surface area (Å²) >= 11 is 0. The summed E-state index contributed by atoms with van der Waals surface area (Å²) in [6.07, 6.45) is 10.5. The molecule has 4 heteroatoms. The Balaban J connectivity index is 1.86. The van der Waals surface area contributed by atoms with Crippen LogP contribution in [-0.4, -0.2) is 39.3 Å². The number of guanidine groups is 1. The molecule has 2 aliphatic carbocycles. The van der Waals surface area contributed by atoms with Crippen molar-refractivity contribution in [2.75, 3.05) is 33.4 Å². The number of hydrogen-bond donors (Lipinski definition) is 2. The molecule has 128 valence electrons. The Labute approximate surface area is 136 Å². The molecule has 0 unspecified atom stereocenters. The molecule has 4 nitrogen and oxygen atoms in total. The van der Waals surface area contributed by atoms with Crippen molar-refractivity contribution in [2.24, 2.45) is 15.8 Å². The van der Waals surface area contributed by atoms with Gasteiger partial charge in [0.15, 0.2) is 5.96 Å². The molecule has 0 saturated heterocycles. The van der Waals surface area contributed by atoms with Crippen molar-refractivity contribution in [3.63, 3.8) is 0 Å². The summed E-state index contributed by atoms with van der Waals surface area (Å²) in [4.78, 5) is 4.90. The highest BCUT2D eigenvalue weighted by molar-refractivity contribution is 5.79. The highest BCUT2D eigenvalue weighted by Crippen LogP contribution is 2.44. The number of hydrogen-bond acceptors (Lipinski definition) is 2. The number of ether oxygens (including phenoxy) is 1. The molecule has 0 spiro atoms. The van der Waals surface area contributed by atoms with E-state index in [1.807, 2.05) is 0 Å². The predicted molar refractivity (Wildman–Crippen MR) is 93.3 cm³/mol. The molecule has 0 atom stereocenters. The number of aliphatic imine (C=N–C) groups is 1. The lowest BCUT2D eigenvalue weighted by atomic mass is 9.67. The molecule has 2 saturated carbocycles. The van der Waals surface area contributed by atoms with Gasteiger partial charge in [-0.15, -0.1) is 0 Å². The van der Waals surface area contributed by atoms with Crippen LogP contribution in [0.1, 0.15) is 65.2 Å². The zero-order valence-corrected chi connectivity index (χ0v) is 14.8. The fourth-order valence-electron chi connectivity index (χ4n) is 3.67. The molecule has 2 aliphatic rings. The highest BCUT2D eigenvalue weighted by atomic mass is 16.5. The molecule has 0 bridgehead atoms. The first-order valence-corrected chi connectivity index (χ1v) is 9.19. The summed E-state index contributed by atoms with van der Waals surface area (Å²) in [5.41, 5.74) is 0.928. The monoisotopic (exact) mass is 309 g/mol. The quantitative estimate of drug-likeness (QED) is 0.507. The maximum absolute atomic E-state index is 5.28. The molecule has 0 aromatic rings. The molecule has 0 aliphatic heterocycles. The van der Waals surface area contributed by atoms with Crippen LogP contribution in [-0.2, 0) is 4.74 Å². The molecule has 0 amide bonds. The normalized spacial score (nSPS) is 22.6. The lowest BCUT2D eigenvalue weighted by Gasteiger charge is -2.42. The first-order chi connectivity index (χ1) is 10.7. The second-order valence-corrected chi connectivity index (χ2v) is 7.35. The van der Waals surface area contributed by atoms with Crippen LogP contribution in [0, 0.1) is 10.8 Å². The van der Waals surface area contributed by atoms with E-state index in [0.29, 0.717) is 10.8 Å². The van der Waals surface area contributed by atoms with Gasteiger partial charge >= 0.3 is 0 Å². The standard InChI is InChI=1S/C18H35N3O/c1-4-17(8-6-9-17)14-20-16(19-5-2)21-15-18(10-7-11-18)12-13-22-3/h4-15H2,1-3H3,(H2,19,20,21). The first kappa shape index (κ1) is 17.6. The minimum Gasteiger partial charge on any atom is -0.385 e. The maximum atomic E-state index is 5.28. The van der Waals surface area contributed by atoms with Crippen molar-refractivity contribution >= 4 is 5.96 Å². The smallest absolute Gasteiger partial charge is 0.191 e. The maximum Gasteiger partial charge on any atom is 0.191 e. The van der Waals surface area contributed by atoms with Crippen molar-refractivity contribution in [3.8, 4) is 0 Å². The van der Waals surface area contributed by atoms with Crippen molar-refractivity contribution in [1.82, 2.24) is 10.6 Å². The summed E-state index contributed by atoms with van der Waals surface area (Å²) in [6, 6.07) is 0. The molecule has 0 aromatic carbocycles. The van der Waals surface area contributed by atoms with E-state index in [9.17, 15) is 0 Å². The van der Waals surface area contributed by atoms with Crippen LogP contribution in [0.4, 0.5) is 0 Å². The van der Waals surface area contributed by atoms with E-state index in [0.717, 1.165) is 38.6 Å². The summed E-state index contributed by atoms with van der Waals surface area (Å²) in [6.45, 7) is 8.25. The summed E-state index contributed by atoms with van der Waals surface area (Å²) in [5.74, 6) is 1.01. The van der Waals surface area contributed by atoms with Gasteiger partial charge in [0.2, 0.25) is 0 Å². The van der Waals surface area contributed by atoms with Gasteiger partial charge in [0, 0.05) is 33.4 Å². The van der Waals surface area contributed by atoms with Crippen LogP contribution < -0.4 is 10.6 Å². The molecule has 2 rings (SSSR count). The number of nitrogens with one attached hydrogen (secondary N) is 2. The second kappa shape index (κ2) is 8.19. The number of methoxy groups -OCH3 is 1. The van der Waals surface area contributed by atoms with E-state index in [2.05, 4.69) is 24.5 Å². The lowest BCUT2D eigenvalue weighted by Crippen LogP contribution is -2.47. The van der Waals surface area contributed by atoms with Crippen LogP contribution in [0.5, 0.6) is 0 Å². The van der Waals surface area contributed by atoms with Gasteiger partial charge in [-0.3, -0.25) is 4.99 Å². The molecule has 2 fully saturated rings. The first-order valence-electron chi connectivity index (χ1n) is 9.19. The minimum absolute atomic E-state index is 0.400. The number of nitrogens with zero attached hydrogens (tertiary/aromatic N) is 1. The van der Waals surface area contributed by atoms with Gasteiger partial charge in [-0.25, -0.2) is 0 Å². The predicted octanol–water partition coefficient (Wildman–Crippen LogP) is 3.33. The van der Waals surface area contributed by atoms with Crippen molar-refractivity contribution in [3.05, 3.63) is 0 Å². The number of rotatable bonds is 9. The SMILES string of the molecule is CCNC(=NCC1(CCOC)CCC1)NCC1(CC)CCC1. The zero-order valence-electron chi connectivity index (χ0n) is 14.8. The van der Waals surface area contributed by atoms with Crippen molar-refractivity contribution in [2.45, 2.75) is 65.2 Å². The molecule has 0 aromatic heterocycles. The summed E-state index contributed by atoms with van der Waals surface area (Å²) in [7, 11) is 1.80. The van der Waals surface area contributed by atoms with Gasteiger partial charge in [0.1, 0.15) is 0 Å². The van der Waals surface area contributed by atoms with E-state index in [4.69, 9.17) is 9.73 Å². The Morgan fingerprint density at radius 3 is 2.18 bits per heavy atom. The van der Waals surface area contributed by atoms with Gasteiger partial charge in [-0.1, -0.05) is 19.8 Å². The molecule has 22 heavy (non-hydrogen) atoms. The third-order valence-electron chi connectivity index (χ3n) is 5.96. The Morgan fingerprint density at radius 2 is 1.73 bits per heavy atom. The van der Waals surface area contributed by atoms with Crippen LogP contribution >= 0.6 is 0 Å². The van der Waals surface area contributed by atoms with Gasteiger partial charge in [0.25, 0.3) is 0 Å². The third kappa shape index (κ3) is 4.37. The largest absolute Gasteiger partial charge is 0.385 e. The highest BCUT2D eigenvalue weighted by Gasteiger charge is 2.37. The molecule has 0 radical (unpaired) electrons. The van der Waals surface area contributed by atoms with Gasteiger partial charge in [-0.2, -0.15) is 0 Å². The fraction of sp³-hybridized carbons (Fsp3) is 0.944. The molecular formula is C18H35N3O. The van der Waals surface area contributed by atoms with Crippen LogP contribution in [0.25, 0.3) is 0 Å². The van der Waals surface area contributed by atoms with E-state index < -0.39 is 0 Å². The fourth-order valence-corrected chi connectivity index (χ4v) is 3.67. The van der Waals surface area contributed by atoms with E-state index >= 15 is 0 Å². The van der Waals surface area contributed by atoms with Gasteiger partial charge < -0.3 is 15.4 Å². The van der Waals surface area contributed by atoms with Crippen molar-refractivity contribution in [1.29, 1.82) is 0 Å². The Hall–Kier alpha value is -0.770. The minimum atomic E-state index is 0.400. The van der Waals surface area contributed by atoms with Crippen LogP contribution in [0.15, 0.2) is 4.99 Å². The summed E-state index contributed by atoms with van der Waals surface area (Å²) in [5, 5.41) is 7.01. The topological polar surface area (TPSA) is 45.7 Å². The van der Waals surface area contributed by atoms with Gasteiger partial charge in [-0.05, 0) is 56.3 Å². The summed E-state index contributed by atoms with van der Waals surface area (Å²) < 4.78 is 5.28. The van der Waals surface area contributed by atoms with E-state index in [1.54, 1.807) is 7.11 Å². The molecule has 0 heterocycles.